The summed E-state index contributed by atoms with van der Waals surface area (Å²) in [6, 6.07) is 8.72. The van der Waals surface area contributed by atoms with Gasteiger partial charge in [-0.05, 0) is 0 Å². The minimum Gasteiger partial charge on any atom is -0.412 e. The van der Waals surface area contributed by atoms with Gasteiger partial charge < -0.3 is 10.6 Å². The number of aliphatic hydroxyl groups excluding tert-OH is 1. The van der Waals surface area contributed by atoms with E-state index < -0.39 is 6.61 Å². The summed E-state index contributed by atoms with van der Waals surface area (Å²) in [5.74, 6) is -0.236. The van der Waals surface area contributed by atoms with Gasteiger partial charge in [0.15, 0.2) is 5.78 Å². The van der Waals surface area contributed by atoms with Crippen LogP contribution in [0.1, 0.15) is 10.4 Å². The van der Waals surface area contributed by atoms with Crippen LogP contribution in [0.4, 0.5) is 0 Å². The van der Waals surface area contributed by atoms with Gasteiger partial charge in [0, 0.05) is 5.56 Å². The van der Waals surface area contributed by atoms with Gasteiger partial charge in [-0.15, -0.1) is 0 Å². The van der Waals surface area contributed by atoms with Crippen LogP contribution in [0.5, 0.6) is 0 Å². The molecule has 0 bridgehead atoms. The number of aliphatic hydroxyl groups is 1. The molecule has 0 spiro atoms. The molecule has 1 rings (SSSR count). The van der Waals surface area contributed by atoms with Crippen LogP contribution in [0.15, 0.2) is 30.3 Å². The SMILES string of the molecule is O.O=C(CO)c1ccccc1. The molecule has 0 aliphatic carbocycles. The van der Waals surface area contributed by atoms with Gasteiger partial charge in [-0.25, -0.2) is 0 Å². The lowest BCUT2D eigenvalue weighted by Gasteiger charge is -1.93. The van der Waals surface area contributed by atoms with Crippen LogP contribution in [0, 0.1) is 0 Å². The Morgan fingerprint density at radius 1 is 1.27 bits per heavy atom. The van der Waals surface area contributed by atoms with Crippen molar-refractivity contribution in [2.45, 2.75) is 0 Å². The second-order valence-corrected chi connectivity index (χ2v) is 1.95. The molecule has 0 atom stereocenters. The van der Waals surface area contributed by atoms with Crippen molar-refractivity contribution >= 4 is 5.78 Å². The summed E-state index contributed by atoms with van der Waals surface area (Å²) in [6.07, 6.45) is 0. The average Bonchev–Trinajstić information content (AvgIpc) is 2.05. The normalized spacial score (nSPS) is 8.45. The summed E-state index contributed by atoms with van der Waals surface area (Å²) in [7, 11) is 0. The first-order valence-electron chi connectivity index (χ1n) is 3.03. The number of hydrogen-bond acceptors (Lipinski definition) is 2. The lowest BCUT2D eigenvalue weighted by molar-refractivity contribution is 0.0904. The summed E-state index contributed by atoms with van der Waals surface area (Å²) in [5.41, 5.74) is 0.560. The Kier molecular flexibility index (Phi) is 4.10. The minimum atomic E-state index is -0.413. The van der Waals surface area contributed by atoms with Crippen molar-refractivity contribution in [3.8, 4) is 0 Å². The highest BCUT2D eigenvalue weighted by Crippen LogP contribution is 1.97. The van der Waals surface area contributed by atoms with Crippen LogP contribution in [-0.2, 0) is 0 Å². The Morgan fingerprint density at radius 3 is 2.27 bits per heavy atom. The van der Waals surface area contributed by atoms with Gasteiger partial charge in [0.25, 0.3) is 0 Å². The molecule has 3 N–H and O–H groups in total. The van der Waals surface area contributed by atoms with E-state index in [1.54, 1.807) is 24.3 Å². The quantitative estimate of drug-likeness (QED) is 0.611. The van der Waals surface area contributed by atoms with Crippen molar-refractivity contribution in [2.75, 3.05) is 6.61 Å². The molecule has 0 saturated carbocycles. The molecule has 60 valence electrons. The molecule has 0 aliphatic rings. The fourth-order valence-electron chi connectivity index (χ4n) is 0.715. The molecule has 0 unspecified atom stereocenters. The third-order valence-corrected chi connectivity index (χ3v) is 1.24. The molecule has 0 fully saturated rings. The number of hydrogen-bond donors (Lipinski definition) is 1. The maximum atomic E-state index is 10.8. The smallest absolute Gasteiger partial charge is 0.188 e. The zero-order valence-corrected chi connectivity index (χ0v) is 5.95. The van der Waals surface area contributed by atoms with Crippen molar-refractivity contribution in [3.05, 3.63) is 35.9 Å². The standard InChI is InChI=1S/C8H8O2.H2O/c9-6-8(10)7-4-2-1-3-5-7;/h1-5,9H,6H2;1H2. The summed E-state index contributed by atoms with van der Waals surface area (Å²) in [6.45, 7) is -0.413. The van der Waals surface area contributed by atoms with E-state index >= 15 is 0 Å². The van der Waals surface area contributed by atoms with E-state index in [0.717, 1.165) is 0 Å². The molecule has 1 aromatic carbocycles. The molecule has 3 nitrogen and oxygen atoms in total. The zero-order chi connectivity index (χ0) is 7.40. The van der Waals surface area contributed by atoms with Crippen LogP contribution >= 0.6 is 0 Å². The maximum absolute atomic E-state index is 10.8. The van der Waals surface area contributed by atoms with E-state index in [1.165, 1.54) is 0 Å². The fourth-order valence-corrected chi connectivity index (χ4v) is 0.715. The van der Waals surface area contributed by atoms with E-state index in [-0.39, 0.29) is 11.3 Å². The molecular weight excluding hydrogens is 144 g/mol. The monoisotopic (exact) mass is 154 g/mol. The summed E-state index contributed by atoms with van der Waals surface area (Å²) < 4.78 is 0. The third-order valence-electron chi connectivity index (χ3n) is 1.24. The van der Waals surface area contributed by atoms with Crippen molar-refractivity contribution in [3.63, 3.8) is 0 Å². The second-order valence-electron chi connectivity index (χ2n) is 1.95. The Balaban J connectivity index is 0.000001000. The summed E-state index contributed by atoms with van der Waals surface area (Å²) in [5, 5.41) is 8.44. The minimum absolute atomic E-state index is 0. The van der Waals surface area contributed by atoms with Crippen LogP contribution in [0.25, 0.3) is 0 Å². The van der Waals surface area contributed by atoms with Gasteiger partial charge in [-0.1, -0.05) is 30.3 Å². The van der Waals surface area contributed by atoms with Crippen LogP contribution in [0.3, 0.4) is 0 Å². The van der Waals surface area contributed by atoms with Crippen LogP contribution < -0.4 is 0 Å². The Hall–Kier alpha value is -1.19. The number of carbonyl (C=O) groups excluding carboxylic acids is 1. The highest BCUT2D eigenvalue weighted by molar-refractivity contribution is 5.96. The topological polar surface area (TPSA) is 68.8 Å². The molecule has 0 amide bonds. The summed E-state index contributed by atoms with van der Waals surface area (Å²) >= 11 is 0. The first-order valence-corrected chi connectivity index (χ1v) is 3.03. The number of carbonyl (C=O) groups is 1. The van der Waals surface area contributed by atoms with Crippen LogP contribution in [0.2, 0.25) is 0 Å². The number of Topliss-reactive ketones (excluding diaryl/α,β-unsaturated/α-hetero) is 1. The Bertz CT molecular complexity index is 218. The van der Waals surface area contributed by atoms with Crippen molar-refractivity contribution < 1.29 is 15.4 Å². The lowest BCUT2D eigenvalue weighted by Crippen LogP contribution is -2.02. The molecule has 0 radical (unpaired) electrons. The second kappa shape index (κ2) is 4.60. The molecule has 11 heavy (non-hydrogen) atoms. The molecule has 0 aromatic heterocycles. The molecule has 1 aromatic rings. The zero-order valence-electron chi connectivity index (χ0n) is 5.95. The fraction of sp³-hybridized carbons (Fsp3) is 0.125. The van der Waals surface area contributed by atoms with E-state index in [4.69, 9.17) is 5.11 Å². The van der Waals surface area contributed by atoms with E-state index in [9.17, 15) is 4.79 Å². The predicted molar refractivity (Wildman–Crippen MR) is 41.5 cm³/mol. The van der Waals surface area contributed by atoms with Gasteiger partial charge in [0.1, 0.15) is 6.61 Å². The average molecular weight is 154 g/mol. The van der Waals surface area contributed by atoms with Gasteiger partial charge in [0.05, 0.1) is 0 Å². The molecule has 0 aliphatic heterocycles. The highest BCUT2D eigenvalue weighted by atomic mass is 16.3. The van der Waals surface area contributed by atoms with Gasteiger partial charge >= 0.3 is 0 Å². The molecular formula is C8H10O3. The predicted octanol–water partition coefficient (Wildman–Crippen LogP) is 0.0369. The molecule has 0 heterocycles. The number of rotatable bonds is 2. The van der Waals surface area contributed by atoms with E-state index in [0.29, 0.717) is 5.56 Å². The maximum Gasteiger partial charge on any atom is 0.188 e. The van der Waals surface area contributed by atoms with E-state index in [2.05, 4.69) is 0 Å². The van der Waals surface area contributed by atoms with Crippen molar-refractivity contribution in [1.82, 2.24) is 0 Å². The van der Waals surface area contributed by atoms with Gasteiger partial charge in [0.2, 0.25) is 0 Å². The first-order chi connectivity index (χ1) is 4.84. The van der Waals surface area contributed by atoms with Gasteiger partial charge in [-0.3, -0.25) is 4.79 Å². The first kappa shape index (κ1) is 9.81. The van der Waals surface area contributed by atoms with Crippen molar-refractivity contribution in [1.29, 1.82) is 0 Å². The van der Waals surface area contributed by atoms with Crippen molar-refractivity contribution in [2.24, 2.45) is 0 Å². The highest BCUT2D eigenvalue weighted by Gasteiger charge is 1.99. The summed E-state index contributed by atoms with van der Waals surface area (Å²) in [4.78, 5) is 10.8. The molecule has 0 saturated heterocycles. The molecule has 3 heteroatoms. The largest absolute Gasteiger partial charge is 0.412 e. The number of benzene rings is 1. The lowest BCUT2D eigenvalue weighted by atomic mass is 10.1. The Morgan fingerprint density at radius 2 is 1.82 bits per heavy atom. The third kappa shape index (κ3) is 2.49. The van der Waals surface area contributed by atoms with Crippen LogP contribution in [-0.4, -0.2) is 23.0 Å². The Labute approximate surface area is 64.6 Å². The number of ketones is 1. The van der Waals surface area contributed by atoms with Gasteiger partial charge in [-0.2, -0.15) is 0 Å². The van der Waals surface area contributed by atoms with E-state index in [1.807, 2.05) is 6.07 Å².